The third-order valence-electron chi connectivity index (χ3n) is 2.60. The minimum atomic E-state index is -0.940. The lowest BCUT2D eigenvalue weighted by atomic mass is 10.0. The van der Waals surface area contributed by atoms with Crippen LogP contribution in [0.4, 0.5) is 13.2 Å². The predicted molar refractivity (Wildman–Crippen MR) is 83.6 cm³/mol. The highest BCUT2D eigenvalue weighted by Crippen LogP contribution is 2.18. The van der Waals surface area contributed by atoms with Gasteiger partial charge in [0.05, 0.1) is 0 Å². The Labute approximate surface area is 129 Å². The summed E-state index contributed by atoms with van der Waals surface area (Å²) in [5.74, 6) is -2.76. The van der Waals surface area contributed by atoms with Crippen LogP contribution in [0.1, 0.15) is 49.2 Å². The normalized spacial score (nSPS) is 9.05. The van der Waals surface area contributed by atoms with Crippen molar-refractivity contribution >= 4 is 6.29 Å². The first-order chi connectivity index (χ1) is 10.6. The van der Waals surface area contributed by atoms with Crippen molar-refractivity contribution in [2.24, 2.45) is 0 Å². The second kappa shape index (κ2) is 10.6. The smallest absolute Gasteiger partial charge is 0.150 e. The Morgan fingerprint density at radius 2 is 1.32 bits per heavy atom. The fraction of sp³-hybridized carbons (Fsp3) is 0.278. The molecule has 0 spiro atoms. The molecule has 0 aliphatic carbocycles. The molecular weight excluding hydrogens is 289 g/mol. The van der Waals surface area contributed by atoms with Gasteiger partial charge in [-0.25, -0.2) is 13.2 Å². The number of carbonyl (C=O) groups excluding carboxylic acids is 1. The first-order valence-electron chi connectivity index (χ1n) is 7.27. The van der Waals surface area contributed by atoms with Crippen molar-refractivity contribution < 1.29 is 18.0 Å². The molecule has 0 saturated heterocycles. The first-order valence-corrected chi connectivity index (χ1v) is 7.27. The zero-order valence-electron chi connectivity index (χ0n) is 13.3. The molecule has 0 heterocycles. The van der Waals surface area contributed by atoms with E-state index in [1.807, 2.05) is 27.7 Å². The van der Waals surface area contributed by atoms with Gasteiger partial charge in [-0.2, -0.15) is 0 Å². The number of hydrogen-bond donors (Lipinski definition) is 0. The van der Waals surface area contributed by atoms with Gasteiger partial charge in [0.1, 0.15) is 23.7 Å². The molecule has 1 nitrogen and oxygen atoms in total. The second-order valence-corrected chi connectivity index (χ2v) is 3.88. The van der Waals surface area contributed by atoms with Gasteiger partial charge in [-0.15, -0.1) is 0 Å². The van der Waals surface area contributed by atoms with Gasteiger partial charge in [0.15, 0.2) is 0 Å². The van der Waals surface area contributed by atoms with E-state index in [9.17, 15) is 18.0 Å². The SMILES string of the molecule is CC.CC.O=Cc1ccc(Cc2c(F)cc(F)cc2F)cc1. The zero-order chi connectivity index (χ0) is 17.1. The Kier molecular flexibility index (Phi) is 9.59. The van der Waals surface area contributed by atoms with Gasteiger partial charge in [0.2, 0.25) is 0 Å². The van der Waals surface area contributed by atoms with Gasteiger partial charge in [-0.05, 0) is 5.56 Å². The van der Waals surface area contributed by atoms with E-state index < -0.39 is 17.5 Å². The van der Waals surface area contributed by atoms with Crippen molar-refractivity contribution in [1.82, 2.24) is 0 Å². The molecule has 2 aromatic carbocycles. The summed E-state index contributed by atoms with van der Waals surface area (Å²) in [6.07, 6.45) is 0.694. The molecular formula is C18H21F3O. The standard InChI is InChI=1S/C14H9F3O.2C2H6/c15-11-6-13(16)12(14(17)7-11)5-9-1-3-10(8-18)4-2-9;2*1-2/h1-4,6-8H,5H2;2*1-2H3. The molecule has 0 bridgehead atoms. The molecule has 0 radical (unpaired) electrons. The molecule has 2 rings (SSSR count). The molecule has 0 atom stereocenters. The molecule has 2 aromatic rings. The Bertz CT molecular complexity index is 554. The van der Waals surface area contributed by atoms with E-state index in [0.717, 1.165) is 0 Å². The van der Waals surface area contributed by atoms with Gasteiger partial charge in [-0.1, -0.05) is 52.0 Å². The largest absolute Gasteiger partial charge is 0.298 e. The number of aldehydes is 1. The summed E-state index contributed by atoms with van der Waals surface area (Å²) in [6, 6.07) is 7.62. The number of rotatable bonds is 3. The van der Waals surface area contributed by atoms with Crippen LogP contribution in [0.5, 0.6) is 0 Å². The fourth-order valence-electron chi connectivity index (χ4n) is 1.66. The third-order valence-corrected chi connectivity index (χ3v) is 2.60. The van der Waals surface area contributed by atoms with Gasteiger partial charge < -0.3 is 0 Å². The van der Waals surface area contributed by atoms with Crippen molar-refractivity contribution in [2.75, 3.05) is 0 Å². The molecule has 120 valence electrons. The van der Waals surface area contributed by atoms with Crippen molar-refractivity contribution in [3.63, 3.8) is 0 Å². The summed E-state index contributed by atoms with van der Waals surface area (Å²) < 4.78 is 39.5. The highest BCUT2D eigenvalue weighted by atomic mass is 19.1. The summed E-state index contributed by atoms with van der Waals surface area (Å²) >= 11 is 0. The molecule has 4 heteroatoms. The molecule has 0 saturated carbocycles. The fourth-order valence-corrected chi connectivity index (χ4v) is 1.66. The summed E-state index contributed by atoms with van der Waals surface area (Å²) in [4.78, 5) is 10.5. The van der Waals surface area contributed by atoms with Crippen LogP contribution in [-0.4, -0.2) is 6.29 Å². The van der Waals surface area contributed by atoms with Gasteiger partial charge >= 0.3 is 0 Å². The Morgan fingerprint density at radius 1 is 0.864 bits per heavy atom. The zero-order valence-corrected chi connectivity index (χ0v) is 13.3. The molecule has 0 aromatic heterocycles. The van der Waals surface area contributed by atoms with Crippen LogP contribution in [0.3, 0.4) is 0 Å². The molecule has 0 aliphatic rings. The van der Waals surface area contributed by atoms with Gasteiger partial charge in [-0.3, -0.25) is 4.79 Å². The number of hydrogen-bond acceptors (Lipinski definition) is 1. The molecule has 0 unspecified atom stereocenters. The van der Waals surface area contributed by atoms with E-state index in [0.29, 0.717) is 29.5 Å². The highest BCUT2D eigenvalue weighted by molar-refractivity contribution is 5.74. The van der Waals surface area contributed by atoms with Crippen LogP contribution >= 0.6 is 0 Å². The summed E-state index contributed by atoms with van der Waals surface area (Å²) in [5, 5.41) is 0. The summed E-state index contributed by atoms with van der Waals surface area (Å²) in [7, 11) is 0. The minimum Gasteiger partial charge on any atom is -0.298 e. The Balaban J connectivity index is 0.00000102. The monoisotopic (exact) mass is 310 g/mol. The van der Waals surface area contributed by atoms with Gasteiger partial charge in [0.25, 0.3) is 0 Å². The van der Waals surface area contributed by atoms with E-state index in [1.165, 1.54) is 0 Å². The average molecular weight is 310 g/mol. The van der Waals surface area contributed by atoms with Crippen molar-refractivity contribution in [1.29, 1.82) is 0 Å². The molecule has 0 N–H and O–H groups in total. The minimum absolute atomic E-state index is 0.0110. The molecule has 22 heavy (non-hydrogen) atoms. The summed E-state index contributed by atoms with van der Waals surface area (Å²) in [6.45, 7) is 8.00. The van der Waals surface area contributed by atoms with E-state index in [1.54, 1.807) is 24.3 Å². The molecule has 0 fully saturated rings. The van der Waals surface area contributed by atoms with Crippen LogP contribution in [-0.2, 0) is 6.42 Å². The number of halogens is 3. The van der Waals surface area contributed by atoms with Crippen LogP contribution in [0.25, 0.3) is 0 Å². The van der Waals surface area contributed by atoms with E-state index >= 15 is 0 Å². The maximum atomic E-state index is 13.4. The van der Waals surface area contributed by atoms with Crippen LogP contribution in [0.2, 0.25) is 0 Å². The third kappa shape index (κ3) is 5.72. The highest BCUT2D eigenvalue weighted by Gasteiger charge is 2.11. The van der Waals surface area contributed by atoms with Crippen LogP contribution in [0.15, 0.2) is 36.4 Å². The van der Waals surface area contributed by atoms with Crippen LogP contribution < -0.4 is 0 Å². The van der Waals surface area contributed by atoms with E-state index in [4.69, 9.17) is 0 Å². The van der Waals surface area contributed by atoms with E-state index in [-0.39, 0.29) is 12.0 Å². The maximum Gasteiger partial charge on any atom is 0.150 e. The first kappa shape index (κ1) is 19.9. The van der Waals surface area contributed by atoms with Crippen molar-refractivity contribution in [2.45, 2.75) is 34.1 Å². The predicted octanol–water partition coefficient (Wildman–Crippen LogP) is 5.56. The molecule has 0 amide bonds. The van der Waals surface area contributed by atoms with E-state index in [2.05, 4.69) is 0 Å². The maximum absolute atomic E-state index is 13.4. The Morgan fingerprint density at radius 3 is 1.73 bits per heavy atom. The lowest BCUT2D eigenvalue weighted by molar-refractivity contribution is 0.112. The van der Waals surface area contributed by atoms with Crippen LogP contribution in [0, 0.1) is 17.5 Å². The number of benzene rings is 2. The summed E-state index contributed by atoms with van der Waals surface area (Å²) in [5.41, 5.74) is 0.944. The van der Waals surface area contributed by atoms with Gasteiger partial charge in [0, 0.05) is 29.7 Å². The van der Waals surface area contributed by atoms with Crippen molar-refractivity contribution in [3.8, 4) is 0 Å². The second-order valence-electron chi connectivity index (χ2n) is 3.88. The molecule has 0 aliphatic heterocycles. The van der Waals surface area contributed by atoms with Crippen molar-refractivity contribution in [3.05, 3.63) is 70.5 Å². The average Bonchev–Trinajstić information content (AvgIpc) is 2.55. The topological polar surface area (TPSA) is 17.1 Å². The lowest BCUT2D eigenvalue weighted by Crippen LogP contribution is -1.99. The quantitative estimate of drug-likeness (QED) is 0.678. The number of carbonyl (C=O) groups is 1. The lowest BCUT2D eigenvalue weighted by Gasteiger charge is -2.05. The Hall–Kier alpha value is -2.10.